The van der Waals surface area contributed by atoms with Gasteiger partial charge in [0.1, 0.15) is 0 Å². The Morgan fingerprint density at radius 3 is 2.73 bits per heavy atom. The maximum absolute atomic E-state index is 11.6. The third-order valence-electron chi connectivity index (χ3n) is 1.82. The van der Waals surface area contributed by atoms with Crippen molar-refractivity contribution in [2.24, 2.45) is 0 Å². The van der Waals surface area contributed by atoms with Crippen molar-refractivity contribution < 1.29 is 9.90 Å². The van der Waals surface area contributed by atoms with E-state index in [0.717, 1.165) is 5.56 Å². The van der Waals surface area contributed by atoms with E-state index in [1.165, 1.54) is 6.20 Å². The molecule has 82 valence electrons. The fraction of sp³-hybridized carbons (Fsp3) is 0.455. The fourth-order valence-electron chi connectivity index (χ4n) is 1.08. The number of aliphatic hydroxyl groups is 1. The number of amides is 1. The normalized spacial score (nSPS) is 11.2. The van der Waals surface area contributed by atoms with Gasteiger partial charge in [-0.05, 0) is 32.4 Å². The van der Waals surface area contributed by atoms with E-state index < -0.39 is 5.60 Å². The van der Waals surface area contributed by atoms with E-state index in [1.54, 1.807) is 26.1 Å². The minimum atomic E-state index is -0.896. The van der Waals surface area contributed by atoms with Crippen molar-refractivity contribution >= 4 is 5.91 Å². The Morgan fingerprint density at radius 2 is 2.20 bits per heavy atom. The van der Waals surface area contributed by atoms with Crippen LogP contribution in [0.1, 0.15) is 29.8 Å². The summed E-state index contributed by atoms with van der Waals surface area (Å²) in [5, 5.41) is 12.1. The van der Waals surface area contributed by atoms with Crippen molar-refractivity contribution in [3.8, 4) is 0 Å². The summed E-state index contributed by atoms with van der Waals surface area (Å²) in [6.07, 6.45) is 3.19. The van der Waals surface area contributed by atoms with Gasteiger partial charge in [0.05, 0.1) is 11.2 Å². The topological polar surface area (TPSA) is 62.2 Å². The molecule has 4 nitrogen and oxygen atoms in total. The number of nitrogens with one attached hydrogen (secondary N) is 1. The smallest absolute Gasteiger partial charge is 0.252 e. The molecule has 0 spiro atoms. The van der Waals surface area contributed by atoms with Crippen LogP contribution in [0.3, 0.4) is 0 Å². The lowest BCUT2D eigenvalue weighted by atomic mass is 10.1. The molecule has 0 bridgehead atoms. The first-order valence-electron chi connectivity index (χ1n) is 4.81. The maximum Gasteiger partial charge on any atom is 0.252 e. The minimum Gasteiger partial charge on any atom is -0.389 e. The summed E-state index contributed by atoms with van der Waals surface area (Å²) in [5.41, 5.74) is 0.553. The lowest BCUT2D eigenvalue weighted by Gasteiger charge is -2.17. The van der Waals surface area contributed by atoms with Crippen molar-refractivity contribution in [2.45, 2.75) is 26.4 Å². The Morgan fingerprint density at radius 1 is 1.53 bits per heavy atom. The van der Waals surface area contributed by atoms with E-state index in [4.69, 9.17) is 0 Å². The van der Waals surface area contributed by atoms with Crippen LogP contribution in [0.25, 0.3) is 0 Å². The van der Waals surface area contributed by atoms with Crippen LogP contribution in [0.5, 0.6) is 0 Å². The van der Waals surface area contributed by atoms with Crippen molar-refractivity contribution in [2.75, 3.05) is 6.54 Å². The van der Waals surface area contributed by atoms with E-state index in [9.17, 15) is 9.90 Å². The van der Waals surface area contributed by atoms with Crippen molar-refractivity contribution in [1.29, 1.82) is 0 Å². The number of hydrogen-bond acceptors (Lipinski definition) is 3. The van der Waals surface area contributed by atoms with Gasteiger partial charge in [-0.25, -0.2) is 0 Å². The molecule has 0 aromatic carbocycles. The molecule has 2 N–H and O–H groups in total. The van der Waals surface area contributed by atoms with Gasteiger partial charge in [0, 0.05) is 18.9 Å². The first-order valence-corrected chi connectivity index (χ1v) is 4.81. The van der Waals surface area contributed by atoms with Gasteiger partial charge in [0.15, 0.2) is 0 Å². The lowest BCUT2D eigenvalue weighted by Crippen LogP contribution is -2.38. The summed E-state index contributed by atoms with van der Waals surface area (Å²) in [5.74, 6) is -0.215. The molecule has 15 heavy (non-hydrogen) atoms. The molecule has 1 aromatic rings. The highest BCUT2D eigenvalue weighted by Gasteiger charge is 2.14. The molecule has 0 radical (unpaired) electrons. The highest BCUT2D eigenvalue weighted by atomic mass is 16.3. The first-order chi connectivity index (χ1) is 6.88. The molecule has 1 amide bonds. The third-order valence-corrected chi connectivity index (χ3v) is 1.82. The van der Waals surface area contributed by atoms with Crippen LogP contribution in [-0.4, -0.2) is 28.1 Å². The van der Waals surface area contributed by atoms with Crippen LogP contribution in [0.15, 0.2) is 18.5 Å². The van der Waals surface area contributed by atoms with Gasteiger partial charge in [-0.3, -0.25) is 9.78 Å². The van der Waals surface area contributed by atoms with Crippen LogP contribution in [-0.2, 0) is 0 Å². The minimum absolute atomic E-state index is 0.215. The highest BCUT2D eigenvalue weighted by Crippen LogP contribution is 2.02. The summed E-state index contributed by atoms with van der Waals surface area (Å²) in [6, 6.07) is 1.76. The monoisotopic (exact) mass is 208 g/mol. The molecule has 0 aliphatic carbocycles. The van der Waals surface area contributed by atoms with E-state index in [2.05, 4.69) is 10.3 Å². The zero-order valence-electron chi connectivity index (χ0n) is 9.24. The molecule has 0 aliphatic rings. The van der Waals surface area contributed by atoms with E-state index in [0.29, 0.717) is 5.56 Å². The number of hydrogen-bond donors (Lipinski definition) is 2. The quantitative estimate of drug-likeness (QED) is 0.775. The molecule has 0 atom stereocenters. The Balaban J connectivity index is 2.62. The molecule has 0 fully saturated rings. The second-order valence-corrected chi connectivity index (χ2v) is 4.25. The molecule has 0 aliphatic heterocycles. The summed E-state index contributed by atoms with van der Waals surface area (Å²) in [6.45, 7) is 5.38. The molecule has 0 saturated carbocycles. The lowest BCUT2D eigenvalue weighted by molar-refractivity contribution is 0.0694. The Hall–Kier alpha value is -1.42. The molecule has 4 heteroatoms. The Kier molecular flexibility index (Phi) is 3.42. The highest BCUT2D eigenvalue weighted by molar-refractivity contribution is 5.94. The number of carbonyl (C=O) groups is 1. The predicted molar refractivity (Wildman–Crippen MR) is 57.6 cm³/mol. The van der Waals surface area contributed by atoms with Crippen molar-refractivity contribution in [1.82, 2.24) is 10.3 Å². The summed E-state index contributed by atoms with van der Waals surface area (Å²) >= 11 is 0. The van der Waals surface area contributed by atoms with E-state index in [1.807, 2.05) is 6.92 Å². The molecule has 1 rings (SSSR count). The number of aryl methyl sites for hydroxylation is 1. The Labute approximate surface area is 89.3 Å². The predicted octanol–water partition coefficient (Wildman–Crippen LogP) is 0.891. The maximum atomic E-state index is 11.6. The average molecular weight is 208 g/mol. The summed E-state index contributed by atoms with van der Waals surface area (Å²) < 4.78 is 0. The van der Waals surface area contributed by atoms with Crippen molar-refractivity contribution in [3.63, 3.8) is 0 Å². The molecule has 1 heterocycles. The number of aromatic nitrogens is 1. The molecule has 0 unspecified atom stereocenters. The number of pyridine rings is 1. The van der Waals surface area contributed by atoms with Crippen LogP contribution in [0.2, 0.25) is 0 Å². The zero-order chi connectivity index (χ0) is 11.5. The van der Waals surface area contributed by atoms with Gasteiger partial charge in [-0.1, -0.05) is 0 Å². The summed E-state index contributed by atoms with van der Waals surface area (Å²) in [7, 11) is 0. The molecule has 1 aromatic heterocycles. The second-order valence-electron chi connectivity index (χ2n) is 4.25. The third kappa shape index (κ3) is 4.08. The van der Waals surface area contributed by atoms with Gasteiger partial charge in [0.25, 0.3) is 5.91 Å². The summed E-state index contributed by atoms with van der Waals surface area (Å²) in [4.78, 5) is 15.5. The van der Waals surface area contributed by atoms with E-state index in [-0.39, 0.29) is 12.5 Å². The van der Waals surface area contributed by atoms with Crippen LogP contribution in [0.4, 0.5) is 0 Å². The van der Waals surface area contributed by atoms with Crippen LogP contribution in [0, 0.1) is 6.92 Å². The molecule has 0 saturated heterocycles. The number of carbonyl (C=O) groups excluding carboxylic acids is 1. The average Bonchev–Trinajstić information content (AvgIpc) is 2.13. The zero-order valence-corrected chi connectivity index (χ0v) is 9.24. The van der Waals surface area contributed by atoms with Crippen LogP contribution < -0.4 is 5.32 Å². The van der Waals surface area contributed by atoms with Crippen LogP contribution >= 0.6 is 0 Å². The van der Waals surface area contributed by atoms with Crippen molar-refractivity contribution in [3.05, 3.63) is 29.6 Å². The SMILES string of the molecule is Cc1cncc(C(=O)NCC(C)(C)O)c1. The second kappa shape index (κ2) is 4.40. The van der Waals surface area contributed by atoms with Gasteiger partial charge in [0.2, 0.25) is 0 Å². The van der Waals surface area contributed by atoms with Gasteiger partial charge >= 0.3 is 0 Å². The van der Waals surface area contributed by atoms with Gasteiger partial charge in [-0.2, -0.15) is 0 Å². The molecular weight excluding hydrogens is 192 g/mol. The number of rotatable bonds is 3. The number of nitrogens with zero attached hydrogens (tertiary/aromatic N) is 1. The molecular formula is C11H16N2O2. The standard InChI is InChI=1S/C11H16N2O2/c1-8-4-9(6-12-5-8)10(14)13-7-11(2,3)15/h4-6,15H,7H2,1-3H3,(H,13,14). The van der Waals surface area contributed by atoms with E-state index >= 15 is 0 Å². The van der Waals surface area contributed by atoms with Gasteiger partial charge in [-0.15, -0.1) is 0 Å². The fourth-order valence-corrected chi connectivity index (χ4v) is 1.08. The largest absolute Gasteiger partial charge is 0.389 e. The van der Waals surface area contributed by atoms with Gasteiger partial charge < -0.3 is 10.4 Å². The Bertz CT molecular complexity index is 356. The first kappa shape index (κ1) is 11.7.